The van der Waals surface area contributed by atoms with Crippen LogP contribution >= 0.6 is 11.6 Å². The van der Waals surface area contributed by atoms with Crippen molar-refractivity contribution in [3.8, 4) is 0 Å². The van der Waals surface area contributed by atoms with Crippen molar-refractivity contribution < 1.29 is 19.1 Å². The number of hydrogen-bond acceptors (Lipinski definition) is 4. The minimum atomic E-state index is -0.503. The molecule has 25 heavy (non-hydrogen) atoms. The van der Waals surface area contributed by atoms with Crippen molar-refractivity contribution in [1.29, 1.82) is 0 Å². The van der Waals surface area contributed by atoms with Gasteiger partial charge < -0.3 is 4.74 Å². The van der Waals surface area contributed by atoms with E-state index in [-0.39, 0.29) is 5.57 Å². The van der Waals surface area contributed by atoms with Crippen molar-refractivity contribution in [2.45, 2.75) is 0 Å². The van der Waals surface area contributed by atoms with Gasteiger partial charge >= 0.3 is 5.97 Å². The molecule has 2 aromatic rings. The monoisotopic (exact) mass is 356 g/mol. The molecule has 0 aromatic heterocycles. The number of nitrogens with one attached hydrogen (secondary N) is 1. The molecule has 0 spiro atoms. The zero-order valence-electron chi connectivity index (χ0n) is 13.2. The van der Waals surface area contributed by atoms with Crippen LogP contribution in [-0.2, 0) is 14.3 Å². The molecule has 126 valence electrons. The van der Waals surface area contributed by atoms with E-state index in [0.717, 1.165) is 5.01 Å². The van der Waals surface area contributed by atoms with Crippen LogP contribution in [0, 0.1) is 0 Å². The molecule has 1 aliphatic rings. The quantitative estimate of drug-likeness (QED) is 0.521. The molecule has 3 rings (SSSR count). The summed E-state index contributed by atoms with van der Waals surface area (Å²) in [6.07, 6.45) is 1.47. The Morgan fingerprint density at radius 1 is 1.08 bits per heavy atom. The number of amides is 2. The Morgan fingerprint density at radius 3 is 2.32 bits per heavy atom. The van der Waals surface area contributed by atoms with Crippen molar-refractivity contribution in [3.05, 3.63) is 70.3 Å². The molecule has 0 atom stereocenters. The van der Waals surface area contributed by atoms with Crippen LogP contribution in [0.1, 0.15) is 15.9 Å². The number of anilines is 1. The van der Waals surface area contributed by atoms with E-state index < -0.39 is 17.8 Å². The van der Waals surface area contributed by atoms with Crippen molar-refractivity contribution in [3.63, 3.8) is 0 Å². The van der Waals surface area contributed by atoms with Gasteiger partial charge in [0.05, 0.1) is 18.4 Å². The highest BCUT2D eigenvalue weighted by molar-refractivity contribution is 6.32. The molecule has 0 unspecified atom stereocenters. The summed E-state index contributed by atoms with van der Waals surface area (Å²) in [7, 11) is 1.30. The van der Waals surface area contributed by atoms with Gasteiger partial charge in [0.15, 0.2) is 0 Å². The standard InChI is InChI=1S/C18H13ClN2O4/c1-25-18(24)12-4-2-11(3-5-12)10-15-16(22)20-21(17(15)23)14-8-6-13(19)7-9-14/h2-10H,1H3,(H,20,22). The highest BCUT2D eigenvalue weighted by Gasteiger charge is 2.34. The van der Waals surface area contributed by atoms with E-state index in [2.05, 4.69) is 10.2 Å². The Hall–Kier alpha value is -3.12. The van der Waals surface area contributed by atoms with Crippen LogP contribution in [0.25, 0.3) is 6.08 Å². The third kappa shape index (κ3) is 3.39. The third-order valence-corrected chi connectivity index (χ3v) is 3.87. The van der Waals surface area contributed by atoms with Gasteiger partial charge in [-0.3, -0.25) is 15.0 Å². The number of nitrogens with zero attached hydrogens (tertiary/aromatic N) is 1. The van der Waals surface area contributed by atoms with Crippen LogP contribution in [0.15, 0.2) is 54.1 Å². The molecule has 6 nitrogen and oxygen atoms in total. The molecule has 2 amide bonds. The number of esters is 1. The van der Waals surface area contributed by atoms with Gasteiger partial charge in [-0.15, -0.1) is 0 Å². The predicted octanol–water partition coefficient (Wildman–Crippen LogP) is 2.59. The molecule has 0 bridgehead atoms. The summed E-state index contributed by atoms with van der Waals surface area (Å²) < 4.78 is 4.63. The molecular weight excluding hydrogens is 344 g/mol. The van der Waals surface area contributed by atoms with Crippen molar-refractivity contribution in [1.82, 2.24) is 5.43 Å². The van der Waals surface area contributed by atoms with Crippen LogP contribution in [0.2, 0.25) is 5.02 Å². The Bertz CT molecular complexity index is 873. The third-order valence-electron chi connectivity index (χ3n) is 3.62. The molecule has 0 radical (unpaired) electrons. The average Bonchev–Trinajstić information content (AvgIpc) is 2.90. The molecule has 1 saturated heterocycles. The van der Waals surface area contributed by atoms with Gasteiger partial charge in [-0.25, -0.2) is 9.80 Å². The fourth-order valence-corrected chi connectivity index (χ4v) is 2.46. The fraction of sp³-hybridized carbons (Fsp3) is 0.0556. The largest absolute Gasteiger partial charge is 0.465 e. The molecule has 1 heterocycles. The summed E-state index contributed by atoms with van der Waals surface area (Å²) in [5.41, 5.74) is 4.01. The maximum absolute atomic E-state index is 12.5. The highest BCUT2D eigenvalue weighted by atomic mass is 35.5. The first-order valence-corrected chi connectivity index (χ1v) is 7.68. The predicted molar refractivity (Wildman–Crippen MR) is 92.8 cm³/mol. The lowest BCUT2D eigenvalue weighted by atomic mass is 10.1. The summed E-state index contributed by atoms with van der Waals surface area (Å²) in [5, 5.41) is 1.69. The van der Waals surface area contributed by atoms with Gasteiger partial charge in [-0.1, -0.05) is 23.7 Å². The summed E-state index contributed by atoms with van der Waals surface area (Å²) in [6.45, 7) is 0. The SMILES string of the molecule is COC(=O)c1ccc(C=C2C(=O)NN(c3ccc(Cl)cc3)C2=O)cc1. The zero-order valence-corrected chi connectivity index (χ0v) is 13.9. The van der Waals surface area contributed by atoms with Gasteiger partial charge in [0.1, 0.15) is 5.57 Å². The van der Waals surface area contributed by atoms with Crippen LogP contribution < -0.4 is 10.4 Å². The van der Waals surface area contributed by atoms with Crippen LogP contribution in [-0.4, -0.2) is 24.9 Å². The van der Waals surface area contributed by atoms with Crippen LogP contribution in [0.5, 0.6) is 0 Å². The van der Waals surface area contributed by atoms with Crippen molar-refractivity contribution in [2.75, 3.05) is 12.1 Å². The Morgan fingerprint density at radius 2 is 1.72 bits per heavy atom. The Balaban J connectivity index is 1.85. The topological polar surface area (TPSA) is 75.7 Å². The minimum Gasteiger partial charge on any atom is -0.465 e. The first kappa shape index (κ1) is 16.7. The summed E-state index contributed by atoms with van der Waals surface area (Å²) >= 11 is 5.83. The molecule has 1 fully saturated rings. The van der Waals surface area contributed by atoms with Gasteiger partial charge in [0, 0.05) is 5.02 Å². The first-order valence-electron chi connectivity index (χ1n) is 7.30. The van der Waals surface area contributed by atoms with Gasteiger partial charge in [-0.05, 0) is 48.0 Å². The molecular formula is C18H13ClN2O4. The number of hydrazine groups is 1. The smallest absolute Gasteiger partial charge is 0.337 e. The van der Waals surface area contributed by atoms with E-state index in [0.29, 0.717) is 21.8 Å². The second-order valence-corrected chi connectivity index (χ2v) is 5.67. The van der Waals surface area contributed by atoms with Crippen LogP contribution in [0.4, 0.5) is 5.69 Å². The average molecular weight is 357 g/mol. The van der Waals surface area contributed by atoms with Crippen molar-refractivity contribution >= 4 is 41.1 Å². The van der Waals surface area contributed by atoms with E-state index in [1.165, 1.54) is 13.2 Å². The van der Waals surface area contributed by atoms with Gasteiger partial charge in [0.25, 0.3) is 11.8 Å². The normalized spacial score (nSPS) is 15.4. The summed E-state index contributed by atoms with van der Waals surface area (Å²) in [5.74, 6) is -1.43. The fourth-order valence-electron chi connectivity index (χ4n) is 2.33. The zero-order chi connectivity index (χ0) is 18.0. The number of carbonyl (C=O) groups excluding carboxylic acids is 3. The molecule has 1 N–H and O–H groups in total. The second-order valence-electron chi connectivity index (χ2n) is 5.23. The summed E-state index contributed by atoms with van der Waals surface area (Å²) in [4.78, 5) is 36.0. The number of hydrogen-bond donors (Lipinski definition) is 1. The summed E-state index contributed by atoms with van der Waals surface area (Å²) in [6, 6.07) is 12.9. The number of carbonyl (C=O) groups is 3. The number of methoxy groups -OCH3 is 1. The highest BCUT2D eigenvalue weighted by Crippen LogP contribution is 2.23. The Kier molecular flexibility index (Phi) is 4.54. The van der Waals surface area contributed by atoms with E-state index >= 15 is 0 Å². The van der Waals surface area contributed by atoms with Crippen molar-refractivity contribution in [2.24, 2.45) is 0 Å². The number of rotatable bonds is 3. The molecule has 2 aromatic carbocycles. The van der Waals surface area contributed by atoms with E-state index in [1.54, 1.807) is 48.5 Å². The molecule has 1 aliphatic heterocycles. The maximum atomic E-state index is 12.5. The van der Waals surface area contributed by atoms with E-state index in [1.807, 2.05) is 0 Å². The number of ether oxygens (including phenoxy) is 1. The van der Waals surface area contributed by atoms with Crippen LogP contribution in [0.3, 0.4) is 0 Å². The lowest BCUT2D eigenvalue weighted by Gasteiger charge is -2.14. The molecule has 0 saturated carbocycles. The molecule has 0 aliphatic carbocycles. The Labute approximate surface area is 148 Å². The number of halogens is 1. The lowest BCUT2D eigenvalue weighted by Crippen LogP contribution is -2.35. The maximum Gasteiger partial charge on any atom is 0.337 e. The van der Waals surface area contributed by atoms with Gasteiger partial charge in [-0.2, -0.15) is 0 Å². The van der Waals surface area contributed by atoms with E-state index in [9.17, 15) is 14.4 Å². The van der Waals surface area contributed by atoms with E-state index in [4.69, 9.17) is 11.6 Å². The second kappa shape index (κ2) is 6.78. The number of benzene rings is 2. The molecule has 7 heteroatoms. The minimum absolute atomic E-state index is 0.000711. The first-order chi connectivity index (χ1) is 12.0. The lowest BCUT2D eigenvalue weighted by molar-refractivity contribution is -0.117. The van der Waals surface area contributed by atoms with Gasteiger partial charge in [0.2, 0.25) is 0 Å².